The fourth-order valence-electron chi connectivity index (χ4n) is 3.07. The van der Waals surface area contributed by atoms with Crippen LogP contribution in [0.15, 0.2) is 59.5 Å². The molecule has 3 rings (SSSR count). The molecule has 0 aliphatic carbocycles. The molecule has 0 saturated carbocycles. The van der Waals surface area contributed by atoms with E-state index in [-0.39, 0.29) is 10.6 Å². The summed E-state index contributed by atoms with van der Waals surface area (Å²) in [7, 11) is -4.81. The maximum absolute atomic E-state index is 13.2. The van der Waals surface area contributed by atoms with Crippen molar-refractivity contribution in [2.45, 2.75) is 24.9 Å². The summed E-state index contributed by atoms with van der Waals surface area (Å²) in [4.78, 5) is 11.6. The van der Waals surface area contributed by atoms with E-state index in [0.29, 0.717) is 11.8 Å². The number of halogens is 4. The zero-order valence-corrected chi connectivity index (χ0v) is 17.4. The van der Waals surface area contributed by atoms with Crippen molar-refractivity contribution in [1.82, 2.24) is 9.29 Å². The molecule has 0 aliphatic heterocycles. The summed E-state index contributed by atoms with van der Waals surface area (Å²) in [5.41, 5.74) is 0.733. The van der Waals surface area contributed by atoms with Gasteiger partial charge in [-0.2, -0.15) is 13.2 Å². The lowest BCUT2D eigenvalue weighted by atomic mass is 10.2. The third kappa shape index (κ3) is 4.22. The van der Waals surface area contributed by atoms with E-state index in [1.54, 1.807) is 10.8 Å². The number of hydrogen-bond acceptors (Lipinski definition) is 3. The third-order valence-corrected chi connectivity index (χ3v) is 6.15. The fourth-order valence-corrected chi connectivity index (χ4v) is 4.47. The Kier molecular flexibility index (Phi) is 5.70. The SMILES string of the molecule is Cc1ccc(C)n1-c1ccc(Cl)c(C(=O)NS(=O)(=O)c2ccccc2C(F)(F)F)c1. The quantitative estimate of drug-likeness (QED) is 0.608. The Balaban J connectivity index is 2.00. The first-order chi connectivity index (χ1) is 13.9. The van der Waals surface area contributed by atoms with Crippen LogP contribution in [0.5, 0.6) is 0 Å². The molecule has 158 valence electrons. The van der Waals surface area contributed by atoms with Gasteiger partial charge in [-0.1, -0.05) is 23.7 Å². The lowest BCUT2D eigenvalue weighted by molar-refractivity contribution is -0.139. The molecule has 0 unspecified atom stereocenters. The Morgan fingerprint density at radius 1 is 1.00 bits per heavy atom. The van der Waals surface area contributed by atoms with Crippen molar-refractivity contribution < 1.29 is 26.4 Å². The molecule has 0 saturated heterocycles. The summed E-state index contributed by atoms with van der Waals surface area (Å²) in [6.07, 6.45) is -4.91. The van der Waals surface area contributed by atoms with Crippen LogP contribution >= 0.6 is 11.6 Å². The fraction of sp³-hybridized carbons (Fsp3) is 0.150. The van der Waals surface area contributed by atoms with E-state index < -0.39 is 32.6 Å². The van der Waals surface area contributed by atoms with Crippen LogP contribution in [0.2, 0.25) is 5.02 Å². The van der Waals surface area contributed by atoms with Gasteiger partial charge in [0.05, 0.1) is 21.0 Å². The van der Waals surface area contributed by atoms with Crippen molar-refractivity contribution in [2.24, 2.45) is 0 Å². The van der Waals surface area contributed by atoms with Crippen LogP contribution in [0.25, 0.3) is 5.69 Å². The van der Waals surface area contributed by atoms with Gasteiger partial charge in [0.25, 0.3) is 15.9 Å². The van der Waals surface area contributed by atoms with Crippen LogP contribution in [0.1, 0.15) is 27.3 Å². The molecule has 3 aromatic rings. The predicted molar refractivity (Wildman–Crippen MR) is 106 cm³/mol. The summed E-state index contributed by atoms with van der Waals surface area (Å²) < 4.78 is 68.1. The molecule has 0 atom stereocenters. The summed E-state index contributed by atoms with van der Waals surface area (Å²) in [5, 5.41) is -0.0435. The number of benzene rings is 2. The van der Waals surface area contributed by atoms with Gasteiger partial charge in [-0.3, -0.25) is 4.79 Å². The van der Waals surface area contributed by atoms with Gasteiger partial charge < -0.3 is 4.57 Å². The standard InChI is InChI=1S/C20H16ClF3N2O3S/c1-12-7-8-13(2)26(12)14-9-10-17(21)15(11-14)19(27)25-30(28,29)18-6-4-3-5-16(18)20(22,23)24/h3-11H,1-2H3,(H,25,27). The lowest BCUT2D eigenvalue weighted by Gasteiger charge is -2.15. The van der Waals surface area contributed by atoms with Gasteiger partial charge >= 0.3 is 6.18 Å². The first-order valence-corrected chi connectivity index (χ1v) is 10.5. The van der Waals surface area contributed by atoms with E-state index in [1.165, 1.54) is 12.1 Å². The molecular weight excluding hydrogens is 441 g/mol. The van der Waals surface area contributed by atoms with Gasteiger partial charge in [0, 0.05) is 17.1 Å². The largest absolute Gasteiger partial charge is 0.417 e. The number of nitrogens with one attached hydrogen (secondary N) is 1. The molecule has 0 fully saturated rings. The topological polar surface area (TPSA) is 68.2 Å². The van der Waals surface area contributed by atoms with Crippen LogP contribution in [-0.4, -0.2) is 18.9 Å². The number of sulfonamides is 1. The number of alkyl halides is 3. The molecule has 10 heteroatoms. The minimum atomic E-state index is -4.91. The molecule has 2 aromatic carbocycles. The Morgan fingerprint density at radius 3 is 2.20 bits per heavy atom. The molecule has 0 bridgehead atoms. The second-order valence-electron chi connectivity index (χ2n) is 6.54. The van der Waals surface area contributed by atoms with E-state index in [9.17, 15) is 26.4 Å². The van der Waals surface area contributed by atoms with Crippen LogP contribution < -0.4 is 4.72 Å². The zero-order valence-electron chi connectivity index (χ0n) is 15.8. The summed E-state index contributed by atoms with van der Waals surface area (Å²) in [6, 6.07) is 11.8. The summed E-state index contributed by atoms with van der Waals surface area (Å²) in [6.45, 7) is 3.69. The Morgan fingerprint density at radius 2 is 1.60 bits per heavy atom. The van der Waals surface area contributed by atoms with Crippen molar-refractivity contribution in [3.8, 4) is 5.69 Å². The highest BCUT2D eigenvalue weighted by Crippen LogP contribution is 2.34. The maximum atomic E-state index is 13.2. The monoisotopic (exact) mass is 456 g/mol. The second-order valence-corrected chi connectivity index (χ2v) is 8.60. The smallest absolute Gasteiger partial charge is 0.318 e. The van der Waals surface area contributed by atoms with E-state index in [2.05, 4.69) is 0 Å². The van der Waals surface area contributed by atoms with E-state index >= 15 is 0 Å². The van der Waals surface area contributed by atoms with Gasteiger partial charge in [0.2, 0.25) is 0 Å². The Hall–Kier alpha value is -2.78. The van der Waals surface area contributed by atoms with Crippen molar-refractivity contribution in [3.05, 3.63) is 82.1 Å². The number of amides is 1. The van der Waals surface area contributed by atoms with Crippen molar-refractivity contribution in [1.29, 1.82) is 0 Å². The normalized spacial score (nSPS) is 12.1. The molecule has 0 aliphatic rings. The number of aromatic nitrogens is 1. The summed E-state index contributed by atoms with van der Waals surface area (Å²) >= 11 is 6.07. The number of rotatable bonds is 4. The van der Waals surface area contributed by atoms with E-state index in [0.717, 1.165) is 29.6 Å². The molecule has 5 nitrogen and oxygen atoms in total. The number of aryl methyl sites for hydroxylation is 2. The van der Waals surface area contributed by atoms with Gasteiger partial charge in [0.15, 0.2) is 0 Å². The van der Waals surface area contributed by atoms with E-state index in [4.69, 9.17) is 11.6 Å². The van der Waals surface area contributed by atoms with Gasteiger partial charge in [0.1, 0.15) is 0 Å². The van der Waals surface area contributed by atoms with Crippen LogP contribution in [0.4, 0.5) is 13.2 Å². The van der Waals surface area contributed by atoms with Crippen LogP contribution in [-0.2, 0) is 16.2 Å². The molecule has 1 aromatic heterocycles. The van der Waals surface area contributed by atoms with Crippen molar-refractivity contribution in [3.63, 3.8) is 0 Å². The number of hydrogen-bond donors (Lipinski definition) is 1. The Labute approximate surface area is 176 Å². The molecule has 1 N–H and O–H groups in total. The molecule has 0 spiro atoms. The average molecular weight is 457 g/mol. The Bertz CT molecular complexity index is 1210. The van der Waals surface area contributed by atoms with Gasteiger partial charge in [-0.05, 0) is 56.3 Å². The predicted octanol–water partition coefficient (Wildman–Crippen LogP) is 4.89. The first-order valence-electron chi connectivity index (χ1n) is 8.60. The first kappa shape index (κ1) is 21.9. The highest BCUT2D eigenvalue weighted by Gasteiger charge is 2.37. The number of nitrogens with zero attached hydrogens (tertiary/aromatic N) is 1. The maximum Gasteiger partial charge on any atom is 0.417 e. The lowest BCUT2D eigenvalue weighted by Crippen LogP contribution is -2.32. The van der Waals surface area contributed by atoms with Crippen LogP contribution in [0.3, 0.4) is 0 Å². The average Bonchev–Trinajstić information content (AvgIpc) is 2.99. The molecular formula is C20H16ClF3N2O3S. The van der Waals surface area contributed by atoms with E-state index in [1.807, 2.05) is 30.5 Å². The van der Waals surface area contributed by atoms with Gasteiger partial charge in [-0.25, -0.2) is 13.1 Å². The summed E-state index contributed by atoms with van der Waals surface area (Å²) in [5.74, 6) is -1.14. The van der Waals surface area contributed by atoms with Crippen LogP contribution in [0, 0.1) is 13.8 Å². The molecule has 1 amide bonds. The minimum absolute atomic E-state index is 0.0435. The van der Waals surface area contributed by atoms with Crippen molar-refractivity contribution >= 4 is 27.5 Å². The zero-order chi connectivity index (χ0) is 22.3. The third-order valence-electron chi connectivity index (χ3n) is 4.43. The molecule has 1 heterocycles. The highest BCUT2D eigenvalue weighted by atomic mass is 35.5. The van der Waals surface area contributed by atoms with Gasteiger partial charge in [-0.15, -0.1) is 0 Å². The molecule has 30 heavy (non-hydrogen) atoms. The second kappa shape index (κ2) is 7.81. The number of carbonyl (C=O) groups is 1. The minimum Gasteiger partial charge on any atom is -0.318 e. The highest BCUT2D eigenvalue weighted by molar-refractivity contribution is 7.90. The molecule has 0 radical (unpaired) electrons. The number of carbonyl (C=O) groups excluding carboxylic acids is 1. The van der Waals surface area contributed by atoms with Crippen molar-refractivity contribution in [2.75, 3.05) is 0 Å².